The number of aromatic nitrogens is 2. The summed E-state index contributed by atoms with van der Waals surface area (Å²) in [6, 6.07) is 11.6. The molecule has 2 saturated heterocycles. The molecule has 9 atom stereocenters. The molecular weight excluding hydrogens is 1250 g/mol. The number of sulfonamides is 2. The van der Waals surface area contributed by atoms with Crippen LogP contribution in [-0.4, -0.2) is 152 Å². The van der Waals surface area contributed by atoms with Crippen LogP contribution in [0.4, 0.5) is 4.79 Å². The van der Waals surface area contributed by atoms with Crippen molar-refractivity contribution in [1.29, 1.82) is 0 Å². The van der Waals surface area contributed by atoms with Crippen molar-refractivity contribution in [3.8, 4) is 23.0 Å². The first kappa shape index (κ1) is 70.2. The molecule has 4 aliphatic carbocycles. The van der Waals surface area contributed by atoms with Crippen LogP contribution in [0.1, 0.15) is 104 Å². The predicted octanol–water partition coefficient (Wildman–Crippen LogP) is 6.16. The fourth-order valence-electron chi connectivity index (χ4n) is 11.2. The van der Waals surface area contributed by atoms with Gasteiger partial charge in [-0.25, -0.2) is 21.6 Å². The van der Waals surface area contributed by atoms with E-state index < -0.39 is 107 Å². The summed E-state index contributed by atoms with van der Waals surface area (Å²) in [5.74, 6) is -1.47. The maximum Gasteiger partial charge on any atom is 0.408 e. The maximum absolute atomic E-state index is 14.5. The van der Waals surface area contributed by atoms with Crippen molar-refractivity contribution in [2.24, 2.45) is 11.8 Å². The lowest BCUT2D eigenvalue weighted by atomic mass is 10.0. The smallest absolute Gasteiger partial charge is 0.408 e. The van der Waals surface area contributed by atoms with E-state index in [4.69, 9.17) is 23.7 Å². The Hall–Kier alpha value is -7.26. The molecule has 6 amide bonds. The van der Waals surface area contributed by atoms with E-state index in [0.717, 1.165) is 30.2 Å². The van der Waals surface area contributed by atoms with E-state index in [2.05, 4.69) is 60.4 Å². The van der Waals surface area contributed by atoms with Crippen LogP contribution >= 0.6 is 24.8 Å². The highest BCUT2D eigenvalue weighted by Gasteiger charge is 2.63. The Bertz CT molecular complexity index is 3610. The van der Waals surface area contributed by atoms with Crippen molar-refractivity contribution in [2.45, 2.75) is 162 Å². The number of ether oxygens (including phenoxy) is 5. The molecule has 6 fully saturated rings. The van der Waals surface area contributed by atoms with Crippen molar-refractivity contribution in [3.63, 3.8) is 0 Å². The number of nitrogens with one attached hydrogen (secondary N) is 6. The third-order valence-corrected chi connectivity index (χ3v) is 20.2. The van der Waals surface area contributed by atoms with Crippen molar-refractivity contribution in [3.05, 3.63) is 98.9 Å². The molecule has 2 aromatic carbocycles. The van der Waals surface area contributed by atoms with E-state index in [-0.39, 0.29) is 68.6 Å². The molecule has 0 radical (unpaired) electrons. The fraction of sp³-hybridized carbons (Fsp3) is 0.516. The van der Waals surface area contributed by atoms with Crippen LogP contribution in [0.3, 0.4) is 0 Å². The van der Waals surface area contributed by atoms with Crippen LogP contribution in [0.5, 0.6) is 23.0 Å². The average molecular weight is 1330 g/mol. The lowest BCUT2D eigenvalue weighted by molar-refractivity contribution is -0.141. The highest BCUT2D eigenvalue weighted by Crippen LogP contribution is 2.47. The lowest BCUT2D eigenvalue weighted by Crippen LogP contribution is -2.58. The minimum absolute atomic E-state index is 0. The zero-order valence-electron chi connectivity index (χ0n) is 51.0. The zero-order valence-corrected chi connectivity index (χ0v) is 54.3. The molecule has 6 N–H and O–H groups in total. The first-order valence-corrected chi connectivity index (χ1v) is 32.8. The fourth-order valence-corrected chi connectivity index (χ4v) is 13.9. The van der Waals surface area contributed by atoms with Crippen molar-refractivity contribution >= 4 is 102 Å². The van der Waals surface area contributed by atoms with Crippen molar-refractivity contribution < 1.29 is 69.3 Å². The van der Waals surface area contributed by atoms with Crippen LogP contribution in [0.15, 0.2) is 98.9 Å². The van der Waals surface area contributed by atoms with Gasteiger partial charge in [-0.2, -0.15) is 0 Å². The number of amides is 6. The van der Waals surface area contributed by atoms with E-state index in [1.165, 1.54) is 11.0 Å². The number of alkyl carbamates (subject to hydrolysis) is 1. The maximum atomic E-state index is 14.5. The zero-order chi connectivity index (χ0) is 63.3. The number of likely N-dealkylation sites (tertiary alicyclic amines) is 1. The largest absolute Gasteiger partial charge is 0.497 e. The van der Waals surface area contributed by atoms with Crippen LogP contribution in [0, 0.1) is 11.8 Å². The summed E-state index contributed by atoms with van der Waals surface area (Å²) in [7, 11) is -4.46. The number of benzene rings is 2. The summed E-state index contributed by atoms with van der Waals surface area (Å²) in [5, 5.41) is 11.8. The van der Waals surface area contributed by atoms with Crippen molar-refractivity contribution in [1.82, 2.24) is 45.6 Å². The number of methoxy groups -OCH3 is 2. The summed E-state index contributed by atoms with van der Waals surface area (Å²) in [6.45, 7) is 16.8. The molecule has 2 aliphatic heterocycles. The minimum atomic E-state index is -3.90. The van der Waals surface area contributed by atoms with E-state index >= 15 is 0 Å². The molecule has 24 nitrogen and oxygen atoms in total. The van der Waals surface area contributed by atoms with Gasteiger partial charge in [0.25, 0.3) is 11.8 Å². The topological polar surface area (TPSA) is 318 Å². The molecule has 4 aromatic rings. The second kappa shape index (κ2) is 28.9. The normalized spacial score (nSPS) is 24.3. The Morgan fingerprint density at radius 3 is 1.69 bits per heavy atom. The number of hydrogen-bond donors (Lipinski definition) is 6. The Kier molecular flexibility index (Phi) is 22.6. The van der Waals surface area contributed by atoms with Crippen molar-refractivity contribution in [2.75, 3.05) is 27.3 Å². The first-order valence-electron chi connectivity index (χ1n) is 29.7. The monoisotopic (exact) mass is 1330 g/mol. The summed E-state index contributed by atoms with van der Waals surface area (Å²) < 4.78 is 82.9. The van der Waals surface area contributed by atoms with Crippen LogP contribution in [0.25, 0.3) is 21.8 Å². The molecule has 490 valence electrons. The molecule has 2 aromatic heterocycles. The highest BCUT2D eigenvalue weighted by atomic mass is 35.5. The number of carbonyl (C=O) groups is 6. The minimum Gasteiger partial charge on any atom is -0.497 e. The molecule has 90 heavy (non-hydrogen) atoms. The second-order valence-corrected chi connectivity index (χ2v) is 28.2. The Morgan fingerprint density at radius 2 is 1.22 bits per heavy atom. The second-order valence-electron chi connectivity index (χ2n) is 24.3. The van der Waals surface area contributed by atoms with Gasteiger partial charge in [-0.15, -0.1) is 44.6 Å². The summed E-state index contributed by atoms with van der Waals surface area (Å²) >= 11 is 0. The van der Waals surface area contributed by atoms with Gasteiger partial charge in [0, 0.05) is 66.5 Å². The molecule has 10 rings (SSSR count). The van der Waals surface area contributed by atoms with Gasteiger partial charge in [0.15, 0.2) is 0 Å². The Balaban J connectivity index is 0.000000270. The van der Waals surface area contributed by atoms with Gasteiger partial charge >= 0.3 is 6.09 Å². The number of unbranched alkanes of at least 4 members (excludes halogenated alkanes) is 3. The number of fused-ring (bicyclic) bond motifs is 2. The molecule has 28 heteroatoms. The molecule has 0 bridgehead atoms. The van der Waals surface area contributed by atoms with E-state index in [9.17, 15) is 45.6 Å². The standard InChI is InChI=1S/C38H51N5O9S.C24H28N4O6S.2ClH/c1-7-9-10-11-12-13-29(40-36(47)52-37(3,4)5)34(45)43-23-26(51-32-18-19-39-30-20-25(50-6)14-17-28(30)32)21-31(43)33(44)41-38(22-24(38)8-2)35(46)42-53(48,49)27-15-16-27;1-3-14-12-24(14,23(30)28-35(31,32)17-5-6-17)27-22(29)20-11-16(13-26-20)34-21-8-9-25-19-10-15(33-2)4-7-18(19)21;;/h7-8,14,17-20,24,26-27,29,31H,1-2,9-13,15-16,21-23H2,3-6H3,(H,40,47)(H,41,44)(H,42,46);3-4,7-10,14,16-17,20,26H,1,5-6,11-13H2,2H3,(H,27,29)(H,28,30);2*1H/t24-,26-,29+,31+,38-;14-,16-,20+,24-;;/m11../s1. The van der Waals surface area contributed by atoms with Gasteiger partial charge in [0.1, 0.15) is 64.0 Å². The average Bonchev–Trinajstić information content (AvgIpc) is 1.59. The van der Waals surface area contributed by atoms with Crippen LogP contribution < -0.4 is 49.7 Å². The number of pyridine rings is 2. The SMILES string of the molecule is C=CCCCCC[C@H](NC(=O)OC(C)(C)C)C(=O)N1C[C@H](Oc2ccnc3cc(OC)ccc23)C[C@H]1C(=O)N[C@]1(C(=O)NS(=O)(=O)C2CC2)C[C@H]1C=C.C=C[C@@H]1C[C@]1(NC(=O)[C@@H]1C[C@@H](Oc2ccnc3cc(OC)ccc23)CN1)C(=O)NS(=O)(=O)C1CC1.Cl.Cl. The van der Waals surface area contributed by atoms with Gasteiger partial charge in [0.2, 0.25) is 37.8 Å². The third kappa shape index (κ3) is 16.6. The molecule has 6 aliphatic rings. The van der Waals surface area contributed by atoms with E-state index in [0.29, 0.717) is 85.4 Å². The number of hydrogen-bond acceptors (Lipinski definition) is 18. The molecular formula is C62H81Cl2N9O15S2. The van der Waals surface area contributed by atoms with E-state index in [1.54, 1.807) is 77.7 Å². The summed E-state index contributed by atoms with van der Waals surface area (Å²) in [6.07, 6.45) is 12.7. The van der Waals surface area contributed by atoms with Gasteiger partial charge in [-0.1, -0.05) is 31.1 Å². The predicted molar refractivity (Wildman–Crippen MR) is 341 cm³/mol. The van der Waals surface area contributed by atoms with Gasteiger partial charge in [0.05, 0.1) is 48.3 Å². The third-order valence-electron chi connectivity index (χ3n) is 16.6. The Labute approximate surface area is 537 Å². The highest BCUT2D eigenvalue weighted by molar-refractivity contribution is 7.91. The first-order chi connectivity index (χ1) is 41.9. The number of halogens is 2. The number of nitrogens with zero attached hydrogens (tertiary/aromatic N) is 3. The van der Waals surface area contributed by atoms with Gasteiger partial charge < -0.3 is 49.9 Å². The Morgan fingerprint density at radius 1 is 0.711 bits per heavy atom. The van der Waals surface area contributed by atoms with Crippen LogP contribution in [0.2, 0.25) is 0 Å². The molecule has 0 spiro atoms. The molecule has 4 saturated carbocycles. The van der Waals surface area contributed by atoms with Crippen LogP contribution in [-0.2, 0) is 48.8 Å². The van der Waals surface area contributed by atoms with Gasteiger partial charge in [-0.3, -0.25) is 43.4 Å². The molecule has 4 heterocycles. The number of rotatable bonds is 26. The van der Waals surface area contributed by atoms with E-state index in [1.807, 2.05) is 30.3 Å². The summed E-state index contributed by atoms with van der Waals surface area (Å²) in [4.78, 5) is 91.3. The number of carbonyl (C=O) groups excluding carboxylic acids is 6. The quantitative estimate of drug-likeness (QED) is 0.0303. The lowest BCUT2D eigenvalue weighted by Gasteiger charge is -2.30. The molecule has 0 unspecified atom stereocenters. The summed E-state index contributed by atoms with van der Waals surface area (Å²) in [5.41, 5.74) is -2.29. The number of allylic oxidation sites excluding steroid dienone is 1. The van der Waals surface area contributed by atoms with Gasteiger partial charge in [-0.05, 0) is 115 Å².